The van der Waals surface area contributed by atoms with E-state index in [-0.39, 0.29) is 0 Å². The van der Waals surface area contributed by atoms with E-state index in [1.807, 2.05) is 30.3 Å². The average Bonchev–Trinajstić information content (AvgIpc) is 2.91. The smallest absolute Gasteiger partial charge is 0.224 e. The van der Waals surface area contributed by atoms with Crippen LogP contribution in [0.3, 0.4) is 0 Å². The van der Waals surface area contributed by atoms with Crippen molar-refractivity contribution in [2.24, 2.45) is 5.73 Å². The Bertz CT molecular complexity index is 767. The van der Waals surface area contributed by atoms with E-state index in [1.165, 1.54) is 0 Å². The third-order valence-corrected chi connectivity index (χ3v) is 3.39. The summed E-state index contributed by atoms with van der Waals surface area (Å²) >= 11 is 0. The first-order valence-electron chi connectivity index (χ1n) is 7.81. The fourth-order valence-electron chi connectivity index (χ4n) is 2.37. The molecule has 0 aliphatic carbocycles. The molecule has 2 aromatic heterocycles. The van der Waals surface area contributed by atoms with Crippen molar-refractivity contribution in [3.8, 4) is 0 Å². The van der Waals surface area contributed by atoms with Crippen LogP contribution in [-0.4, -0.2) is 32.6 Å². The lowest BCUT2D eigenvalue weighted by Crippen LogP contribution is -2.15. The summed E-state index contributed by atoms with van der Waals surface area (Å²) in [7, 11) is 0. The van der Waals surface area contributed by atoms with Crippen molar-refractivity contribution in [2.75, 3.05) is 23.7 Å². The highest BCUT2D eigenvalue weighted by atomic mass is 15.3. The van der Waals surface area contributed by atoms with Gasteiger partial charge in [0.2, 0.25) is 11.9 Å². The number of benzene rings is 1. The van der Waals surface area contributed by atoms with Crippen LogP contribution in [0.1, 0.15) is 13.3 Å². The number of hydrogen-bond acceptors (Lipinski definition) is 6. The first-order valence-corrected chi connectivity index (χ1v) is 7.81. The van der Waals surface area contributed by atoms with Gasteiger partial charge in [-0.1, -0.05) is 25.1 Å². The molecule has 3 aromatic rings. The van der Waals surface area contributed by atoms with Gasteiger partial charge in [-0.05, 0) is 18.6 Å². The average molecular weight is 311 g/mol. The van der Waals surface area contributed by atoms with E-state index >= 15 is 0 Å². The normalized spacial score (nSPS) is 10.9. The molecule has 0 atom stereocenters. The zero-order chi connectivity index (χ0) is 16.1. The quantitative estimate of drug-likeness (QED) is 0.620. The van der Waals surface area contributed by atoms with Crippen LogP contribution in [0, 0.1) is 0 Å². The fraction of sp³-hybridized carbons (Fsp3) is 0.312. The Balaban J connectivity index is 1.98. The molecule has 0 aliphatic heterocycles. The molecular weight excluding hydrogens is 290 g/mol. The monoisotopic (exact) mass is 311 g/mol. The first-order chi connectivity index (χ1) is 11.3. The van der Waals surface area contributed by atoms with Gasteiger partial charge in [0.25, 0.3) is 0 Å². The second-order valence-corrected chi connectivity index (χ2v) is 5.20. The van der Waals surface area contributed by atoms with Crippen LogP contribution in [0.5, 0.6) is 0 Å². The summed E-state index contributed by atoms with van der Waals surface area (Å²) in [6, 6.07) is 9.99. The molecule has 1 aromatic carbocycles. The minimum Gasteiger partial charge on any atom is -0.353 e. The van der Waals surface area contributed by atoms with E-state index in [2.05, 4.69) is 37.1 Å². The van der Waals surface area contributed by atoms with Crippen LogP contribution in [0.2, 0.25) is 0 Å². The van der Waals surface area contributed by atoms with Gasteiger partial charge in [0, 0.05) is 25.3 Å². The summed E-state index contributed by atoms with van der Waals surface area (Å²) in [4.78, 5) is 13.5. The van der Waals surface area contributed by atoms with Crippen LogP contribution in [0.15, 0.2) is 36.5 Å². The van der Waals surface area contributed by atoms with Crippen LogP contribution >= 0.6 is 0 Å². The Kier molecular flexibility index (Phi) is 4.68. The molecule has 0 unspecified atom stereocenters. The number of hydrogen-bond donors (Lipinski definition) is 3. The van der Waals surface area contributed by atoms with Crippen molar-refractivity contribution in [1.29, 1.82) is 0 Å². The van der Waals surface area contributed by atoms with Gasteiger partial charge in [-0.15, -0.1) is 0 Å². The summed E-state index contributed by atoms with van der Waals surface area (Å²) in [6.45, 7) is 4.14. The number of anilines is 3. The predicted octanol–water partition coefficient (Wildman–Crippen LogP) is 2.35. The number of nitrogens with zero attached hydrogens (tertiary/aromatic N) is 4. The Morgan fingerprint density at radius 1 is 1.17 bits per heavy atom. The van der Waals surface area contributed by atoms with Crippen molar-refractivity contribution in [3.63, 3.8) is 0 Å². The van der Waals surface area contributed by atoms with Gasteiger partial charge in [-0.3, -0.25) is 4.57 Å². The van der Waals surface area contributed by atoms with E-state index in [0.717, 1.165) is 35.8 Å². The number of nitrogens with one attached hydrogen (secondary N) is 2. The van der Waals surface area contributed by atoms with Crippen molar-refractivity contribution in [1.82, 2.24) is 19.5 Å². The van der Waals surface area contributed by atoms with E-state index in [4.69, 9.17) is 5.73 Å². The zero-order valence-electron chi connectivity index (χ0n) is 13.2. The van der Waals surface area contributed by atoms with E-state index in [9.17, 15) is 0 Å². The third-order valence-electron chi connectivity index (χ3n) is 3.39. The second-order valence-electron chi connectivity index (χ2n) is 5.20. The van der Waals surface area contributed by atoms with Crippen molar-refractivity contribution < 1.29 is 0 Å². The molecule has 0 bridgehead atoms. The SMILES string of the molecule is CCCn1c(Nc2ccccc2)nc2cnc(NCCN)nc21. The largest absolute Gasteiger partial charge is 0.353 e. The van der Waals surface area contributed by atoms with Gasteiger partial charge in [-0.2, -0.15) is 4.98 Å². The number of para-hydroxylation sites is 1. The first kappa shape index (κ1) is 15.2. The molecule has 2 heterocycles. The highest BCUT2D eigenvalue weighted by Crippen LogP contribution is 2.22. The molecule has 3 rings (SSSR count). The minimum absolute atomic E-state index is 0.538. The van der Waals surface area contributed by atoms with Gasteiger partial charge in [-0.25, -0.2) is 9.97 Å². The number of aromatic nitrogens is 4. The highest BCUT2D eigenvalue weighted by Gasteiger charge is 2.13. The second kappa shape index (κ2) is 7.06. The van der Waals surface area contributed by atoms with E-state index in [1.54, 1.807) is 6.20 Å². The number of imidazole rings is 1. The van der Waals surface area contributed by atoms with Crippen molar-refractivity contribution >= 4 is 28.7 Å². The molecule has 0 amide bonds. The maximum Gasteiger partial charge on any atom is 0.224 e. The summed E-state index contributed by atoms with van der Waals surface area (Å²) < 4.78 is 2.08. The highest BCUT2D eigenvalue weighted by molar-refractivity contribution is 5.76. The van der Waals surface area contributed by atoms with Crippen LogP contribution in [0.25, 0.3) is 11.2 Å². The molecule has 0 saturated heterocycles. The minimum atomic E-state index is 0.538. The molecule has 120 valence electrons. The number of nitrogens with two attached hydrogens (primary N) is 1. The maximum atomic E-state index is 5.51. The molecule has 23 heavy (non-hydrogen) atoms. The maximum absolute atomic E-state index is 5.51. The summed E-state index contributed by atoms with van der Waals surface area (Å²) in [5, 5.41) is 6.46. The van der Waals surface area contributed by atoms with Crippen LogP contribution in [0.4, 0.5) is 17.6 Å². The number of fused-ring (bicyclic) bond motifs is 1. The summed E-state index contributed by atoms with van der Waals surface area (Å²) in [5.41, 5.74) is 8.10. The van der Waals surface area contributed by atoms with Gasteiger partial charge in [0.1, 0.15) is 5.52 Å². The Labute approximate surface area is 135 Å². The molecule has 7 heteroatoms. The lowest BCUT2D eigenvalue weighted by molar-refractivity contribution is 0.699. The molecular formula is C16H21N7. The summed E-state index contributed by atoms with van der Waals surface area (Å²) in [5.74, 6) is 1.35. The number of rotatable bonds is 7. The zero-order valence-corrected chi connectivity index (χ0v) is 13.2. The topological polar surface area (TPSA) is 93.7 Å². The Morgan fingerprint density at radius 2 is 2.00 bits per heavy atom. The molecule has 0 aliphatic rings. The molecule has 4 N–H and O–H groups in total. The molecule has 7 nitrogen and oxygen atoms in total. The summed E-state index contributed by atoms with van der Waals surface area (Å²) in [6.07, 6.45) is 2.73. The lowest BCUT2D eigenvalue weighted by atomic mass is 10.3. The van der Waals surface area contributed by atoms with Crippen molar-refractivity contribution in [3.05, 3.63) is 36.5 Å². The van der Waals surface area contributed by atoms with Crippen molar-refractivity contribution in [2.45, 2.75) is 19.9 Å². The molecule has 0 spiro atoms. The van der Waals surface area contributed by atoms with E-state index in [0.29, 0.717) is 19.0 Å². The number of aryl methyl sites for hydroxylation is 1. The van der Waals surface area contributed by atoms with Gasteiger partial charge in [0.05, 0.1) is 6.20 Å². The van der Waals surface area contributed by atoms with Gasteiger partial charge < -0.3 is 16.4 Å². The predicted molar refractivity (Wildman–Crippen MR) is 92.9 cm³/mol. The Morgan fingerprint density at radius 3 is 2.74 bits per heavy atom. The molecule has 0 saturated carbocycles. The fourth-order valence-corrected chi connectivity index (χ4v) is 2.37. The molecule has 0 fully saturated rings. The van der Waals surface area contributed by atoms with E-state index < -0.39 is 0 Å². The lowest BCUT2D eigenvalue weighted by Gasteiger charge is -2.09. The third kappa shape index (κ3) is 3.40. The Hall–Kier alpha value is -2.67. The molecule has 0 radical (unpaired) electrons. The van der Waals surface area contributed by atoms with Crippen LogP contribution < -0.4 is 16.4 Å². The van der Waals surface area contributed by atoms with Gasteiger partial charge >= 0.3 is 0 Å². The van der Waals surface area contributed by atoms with Crippen LogP contribution in [-0.2, 0) is 6.54 Å². The van der Waals surface area contributed by atoms with Gasteiger partial charge in [0.15, 0.2) is 5.65 Å². The standard InChI is InChI=1S/C16H21N7/c1-2-10-23-14-13(11-19-15(22-14)18-9-8-17)21-16(23)20-12-6-4-3-5-7-12/h3-7,11H,2,8-10,17H2,1H3,(H,20,21)(H,18,19,22).